The van der Waals surface area contributed by atoms with Crippen molar-refractivity contribution in [3.05, 3.63) is 0 Å². The molecule has 0 aromatic heterocycles. The quantitative estimate of drug-likeness (QED) is 0.287. The average Bonchev–Trinajstić information content (AvgIpc) is 2.49. The van der Waals surface area contributed by atoms with Crippen molar-refractivity contribution in [1.82, 2.24) is 5.32 Å². The third kappa shape index (κ3) is 16.9. The van der Waals surface area contributed by atoms with Crippen LogP contribution in [0.3, 0.4) is 0 Å². The van der Waals surface area contributed by atoms with E-state index in [-0.39, 0.29) is 71.6 Å². The molecule has 0 aromatic carbocycles. The van der Waals surface area contributed by atoms with Crippen LogP contribution in [0, 0.1) is 0 Å². The van der Waals surface area contributed by atoms with Crippen LogP contribution in [0.5, 0.6) is 0 Å². The number of nitrogens with one attached hydrogen (secondary N) is 1. The first-order chi connectivity index (χ1) is 11.0. The molecule has 0 rings (SSSR count). The van der Waals surface area contributed by atoms with Gasteiger partial charge in [-0.05, 0) is 12.8 Å². The molecule has 0 aliphatic heterocycles. The van der Waals surface area contributed by atoms with Gasteiger partial charge in [0.05, 0.1) is 0 Å². The Labute approximate surface area is 189 Å². The predicted octanol–water partition coefficient (Wildman–Crippen LogP) is 0.458. The summed E-state index contributed by atoms with van der Waals surface area (Å²) >= 11 is 0. The van der Waals surface area contributed by atoms with E-state index in [1.165, 1.54) is 38.5 Å². The van der Waals surface area contributed by atoms with Crippen LogP contribution in [-0.2, 0) is 14.4 Å². The first-order valence-corrected chi connectivity index (χ1v) is 8.71. The molecule has 24 heavy (non-hydrogen) atoms. The first kappa shape index (κ1) is 26.3. The summed E-state index contributed by atoms with van der Waals surface area (Å²) in [5, 5.41) is 19.9. The Morgan fingerprint density at radius 3 is 1.83 bits per heavy atom. The number of hydrogen-bond donors (Lipinski definition) is 3. The molecule has 6 nitrogen and oxygen atoms in total. The number of carbonyl (C=O) groups excluding carboxylic acids is 1. The van der Waals surface area contributed by atoms with E-state index in [1.54, 1.807) is 0 Å². The van der Waals surface area contributed by atoms with Crippen molar-refractivity contribution in [1.29, 1.82) is 0 Å². The van der Waals surface area contributed by atoms with Gasteiger partial charge in [-0.3, -0.25) is 9.59 Å². The summed E-state index contributed by atoms with van der Waals surface area (Å²) in [6, 6.07) is -1.11. The minimum absolute atomic E-state index is 0. The second kappa shape index (κ2) is 17.9. The van der Waals surface area contributed by atoms with E-state index in [4.69, 9.17) is 10.2 Å². The first-order valence-electron chi connectivity index (χ1n) is 8.71. The Morgan fingerprint density at radius 1 is 0.875 bits per heavy atom. The Balaban J connectivity index is -0.00000242. The van der Waals surface area contributed by atoms with E-state index >= 15 is 0 Å². The molecule has 0 aliphatic carbocycles. The molecule has 0 saturated heterocycles. The molecule has 1 amide bonds. The van der Waals surface area contributed by atoms with Gasteiger partial charge in [-0.25, -0.2) is 4.79 Å². The number of carbonyl (C=O) groups is 3. The Morgan fingerprint density at radius 2 is 1.38 bits per heavy atom. The predicted molar refractivity (Wildman–Crippen MR) is 89.4 cm³/mol. The van der Waals surface area contributed by atoms with Crippen LogP contribution in [0.4, 0.5) is 0 Å². The van der Waals surface area contributed by atoms with Gasteiger partial charge in [0.15, 0.2) is 0 Å². The van der Waals surface area contributed by atoms with E-state index in [2.05, 4.69) is 12.2 Å². The van der Waals surface area contributed by atoms with Crippen LogP contribution in [0.15, 0.2) is 0 Å². The summed E-state index contributed by atoms with van der Waals surface area (Å²) in [6.07, 6.45) is 10.3. The van der Waals surface area contributed by atoms with Crippen LogP contribution in [0.1, 0.15) is 85.4 Å². The van der Waals surface area contributed by atoms with E-state index in [9.17, 15) is 14.4 Å². The largest absolute Gasteiger partial charge is 1.00 e. The zero-order valence-corrected chi connectivity index (χ0v) is 18.3. The van der Waals surface area contributed by atoms with Crippen molar-refractivity contribution in [2.45, 2.75) is 90.0 Å². The van der Waals surface area contributed by atoms with Crippen molar-refractivity contribution < 1.29 is 77.4 Å². The molecular weight excluding hydrogens is 337 g/mol. The minimum atomic E-state index is -1.19. The van der Waals surface area contributed by atoms with Crippen molar-refractivity contribution in [2.75, 3.05) is 0 Å². The summed E-state index contributed by atoms with van der Waals surface area (Å²) in [4.78, 5) is 33.1. The van der Waals surface area contributed by atoms with Gasteiger partial charge in [-0.2, -0.15) is 0 Å². The van der Waals surface area contributed by atoms with E-state index in [1.807, 2.05) is 0 Å². The van der Waals surface area contributed by atoms with Crippen LogP contribution < -0.4 is 56.7 Å². The second-order valence-electron chi connectivity index (χ2n) is 5.97. The van der Waals surface area contributed by atoms with Gasteiger partial charge in [-0.1, -0.05) is 58.3 Å². The molecule has 0 spiro atoms. The number of amides is 1. The van der Waals surface area contributed by atoms with E-state index in [0.29, 0.717) is 6.42 Å². The number of aliphatic carboxylic acids is 2. The smallest absolute Gasteiger partial charge is 1.00 e. The molecule has 1 atom stereocenters. The maximum absolute atomic E-state index is 11.7. The maximum Gasteiger partial charge on any atom is 1.00 e. The number of carboxylic acid groups (broad SMARTS) is 2. The fourth-order valence-corrected chi connectivity index (χ4v) is 2.39. The summed E-state index contributed by atoms with van der Waals surface area (Å²) in [7, 11) is 0. The second-order valence-corrected chi connectivity index (χ2v) is 5.97. The summed E-state index contributed by atoms with van der Waals surface area (Å²) in [5.74, 6) is -2.57. The fraction of sp³-hybridized carbons (Fsp3) is 0.824. The van der Waals surface area contributed by atoms with Gasteiger partial charge >= 0.3 is 63.3 Å². The Bertz CT molecular complexity index is 369. The zero-order chi connectivity index (χ0) is 17.5. The molecule has 0 aliphatic rings. The number of carboxylic acids is 2. The topological polar surface area (TPSA) is 104 Å². The molecule has 136 valence electrons. The summed E-state index contributed by atoms with van der Waals surface area (Å²) in [5.41, 5.74) is 0. The van der Waals surface area contributed by atoms with Crippen molar-refractivity contribution in [2.24, 2.45) is 0 Å². The molecule has 0 bridgehead atoms. The standard InChI is InChI=1S/C17H31NO5.K.H/c1-2-3-4-5-6-7-8-9-10-11-15(19)18-14(17(22)23)12-13-16(20)21;;/h14H,2-13H2,1H3,(H,18,19)(H,20,21)(H,22,23);;/q;+1;-1/t14-;;/m1../s1. The molecule has 0 unspecified atom stereocenters. The van der Waals surface area contributed by atoms with Gasteiger partial charge in [0.2, 0.25) is 5.91 Å². The molecule has 0 heterocycles. The number of unbranched alkanes of at least 4 members (excludes halogenated alkanes) is 8. The number of rotatable bonds is 15. The van der Waals surface area contributed by atoms with Gasteiger partial charge < -0.3 is 17.0 Å². The van der Waals surface area contributed by atoms with Gasteiger partial charge in [0.1, 0.15) is 6.04 Å². The van der Waals surface area contributed by atoms with Crippen LogP contribution in [0.25, 0.3) is 0 Å². The minimum Gasteiger partial charge on any atom is -1.00 e. The summed E-state index contributed by atoms with van der Waals surface area (Å²) < 4.78 is 0. The molecule has 0 fully saturated rings. The van der Waals surface area contributed by atoms with Gasteiger partial charge in [0, 0.05) is 12.8 Å². The van der Waals surface area contributed by atoms with Crippen LogP contribution >= 0.6 is 0 Å². The third-order valence-electron chi connectivity index (χ3n) is 3.79. The average molecular weight is 370 g/mol. The van der Waals surface area contributed by atoms with E-state index < -0.39 is 18.0 Å². The van der Waals surface area contributed by atoms with Crippen LogP contribution in [-0.4, -0.2) is 34.1 Å². The SMILES string of the molecule is CCCCCCCCCCCC(=O)N[C@H](CCC(=O)O)C(=O)O.[H-].[K+]. The summed E-state index contributed by atoms with van der Waals surface area (Å²) in [6.45, 7) is 2.20. The Hall–Kier alpha value is 0.0464. The van der Waals surface area contributed by atoms with Gasteiger partial charge in [-0.15, -0.1) is 0 Å². The van der Waals surface area contributed by atoms with Crippen molar-refractivity contribution in [3.8, 4) is 0 Å². The third-order valence-corrected chi connectivity index (χ3v) is 3.79. The van der Waals surface area contributed by atoms with Crippen molar-refractivity contribution >= 4 is 17.8 Å². The number of hydrogen-bond acceptors (Lipinski definition) is 3. The van der Waals surface area contributed by atoms with Gasteiger partial charge in [0.25, 0.3) is 0 Å². The Kier molecular flexibility index (Phi) is 19.6. The molecule has 3 N–H and O–H groups in total. The molecule has 0 radical (unpaired) electrons. The molecule has 0 aromatic rings. The van der Waals surface area contributed by atoms with Crippen molar-refractivity contribution in [3.63, 3.8) is 0 Å². The zero-order valence-electron chi connectivity index (χ0n) is 16.2. The van der Waals surface area contributed by atoms with Crippen LogP contribution in [0.2, 0.25) is 0 Å². The monoisotopic (exact) mass is 369 g/mol. The van der Waals surface area contributed by atoms with E-state index in [0.717, 1.165) is 19.3 Å². The molecule has 0 saturated carbocycles. The molecule has 7 heteroatoms. The molecular formula is C17H32KNO5. The fourth-order valence-electron chi connectivity index (χ4n) is 2.39. The maximum atomic E-state index is 11.7. The normalized spacial score (nSPS) is 11.4.